The van der Waals surface area contributed by atoms with Crippen LogP contribution in [0.4, 0.5) is 5.69 Å². The van der Waals surface area contributed by atoms with Gasteiger partial charge in [-0.15, -0.1) is 0 Å². The van der Waals surface area contributed by atoms with Crippen LogP contribution in [0.2, 0.25) is 0 Å². The standard InChI is InChI=1S/C21H24N2O2/c1-14-6-5-7-18(11-14)21(25)22-8-9-23(20(24)17(22)4)19-12-15(2)10-16(3)13-19/h5-7,10-13,17H,8-9H2,1-4H3. The first kappa shape index (κ1) is 17.2. The number of amides is 2. The second-order valence-corrected chi connectivity index (χ2v) is 6.88. The minimum atomic E-state index is -0.470. The topological polar surface area (TPSA) is 40.6 Å². The van der Waals surface area contributed by atoms with Crippen LogP contribution in [0.15, 0.2) is 42.5 Å². The summed E-state index contributed by atoms with van der Waals surface area (Å²) < 4.78 is 0. The molecule has 1 saturated heterocycles. The Morgan fingerprint density at radius 1 is 0.960 bits per heavy atom. The van der Waals surface area contributed by atoms with Gasteiger partial charge < -0.3 is 9.80 Å². The van der Waals surface area contributed by atoms with E-state index in [1.54, 1.807) is 9.80 Å². The van der Waals surface area contributed by atoms with Gasteiger partial charge in [-0.1, -0.05) is 23.8 Å². The van der Waals surface area contributed by atoms with Crippen molar-refractivity contribution in [1.29, 1.82) is 0 Å². The maximum absolute atomic E-state index is 12.9. The number of rotatable bonds is 2. The smallest absolute Gasteiger partial charge is 0.254 e. The van der Waals surface area contributed by atoms with Gasteiger partial charge in [0.15, 0.2) is 0 Å². The lowest BCUT2D eigenvalue weighted by Crippen LogP contribution is -2.57. The predicted octanol–water partition coefficient (Wildman–Crippen LogP) is 3.49. The van der Waals surface area contributed by atoms with E-state index < -0.39 is 6.04 Å². The van der Waals surface area contributed by atoms with Gasteiger partial charge in [0.05, 0.1) is 0 Å². The number of hydrogen-bond acceptors (Lipinski definition) is 2. The molecule has 0 bridgehead atoms. The van der Waals surface area contributed by atoms with Crippen LogP contribution in [0.5, 0.6) is 0 Å². The van der Waals surface area contributed by atoms with Gasteiger partial charge in [0.2, 0.25) is 5.91 Å². The Hall–Kier alpha value is -2.62. The molecule has 4 heteroatoms. The fraction of sp³-hybridized carbons (Fsp3) is 0.333. The second-order valence-electron chi connectivity index (χ2n) is 6.88. The summed E-state index contributed by atoms with van der Waals surface area (Å²) >= 11 is 0. The van der Waals surface area contributed by atoms with Crippen molar-refractivity contribution >= 4 is 17.5 Å². The molecule has 2 aromatic carbocycles. The Morgan fingerprint density at radius 3 is 2.28 bits per heavy atom. The van der Waals surface area contributed by atoms with Crippen molar-refractivity contribution in [2.24, 2.45) is 0 Å². The van der Waals surface area contributed by atoms with Crippen LogP contribution in [-0.2, 0) is 4.79 Å². The van der Waals surface area contributed by atoms with Crippen molar-refractivity contribution in [2.75, 3.05) is 18.0 Å². The first-order valence-corrected chi connectivity index (χ1v) is 8.64. The highest BCUT2D eigenvalue weighted by molar-refractivity contribution is 6.03. The number of benzene rings is 2. The third-order valence-corrected chi connectivity index (χ3v) is 4.70. The van der Waals surface area contributed by atoms with E-state index in [0.717, 1.165) is 22.4 Å². The van der Waals surface area contributed by atoms with Crippen molar-refractivity contribution in [3.63, 3.8) is 0 Å². The predicted molar refractivity (Wildman–Crippen MR) is 99.9 cm³/mol. The van der Waals surface area contributed by atoms with E-state index in [1.165, 1.54) is 0 Å². The summed E-state index contributed by atoms with van der Waals surface area (Å²) in [5.41, 5.74) is 4.86. The summed E-state index contributed by atoms with van der Waals surface area (Å²) in [5.74, 6) is -0.109. The molecule has 0 spiro atoms. The lowest BCUT2D eigenvalue weighted by Gasteiger charge is -2.39. The van der Waals surface area contributed by atoms with E-state index in [-0.39, 0.29) is 11.8 Å². The van der Waals surface area contributed by atoms with Gasteiger partial charge in [-0.25, -0.2) is 0 Å². The molecule has 1 unspecified atom stereocenters. The van der Waals surface area contributed by atoms with Crippen LogP contribution in [0.3, 0.4) is 0 Å². The average molecular weight is 336 g/mol. The molecule has 25 heavy (non-hydrogen) atoms. The van der Waals surface area contributed by atoms with Gasteiger partial charge in [-0.2, -0.15) is 0 Å². The van der Waals surface area contributed by atoms with E-state index in [2.05, 4.69) is 6.07 Å². The molecular formula is C21H24N2O2. The van der Waals surface area contributed by atoms with Crippen LogP contribution in [0, 0.1) is 20.8 Å². The molecule has 2 aromatic rings. The lowest BCUT2D eigenvalue weighted by atomic mass is 10.1. The van der Waals surface area contributed by atoms with Crippen LogP contribution in [0.1, 0.15) is 34.0 Å². The fourth-order valence-corrected chi connectivity index (χ4v) is 3.45. The number of anilines is 1. The molecule has 2 amide bonds. The molecule has 0 N–H and O–H groups in total. The number of hydrogen-bond donors (Lipinski definition) is 0. The summed E-state index contributed by atoms with van der Waals surface area (Å²) in [5, 5.41) is 0. The van der Waals surface area contributed by atoms with Crippen molar-refractivity contribution in [1.82, 2.24) is 4.90 Å². The molecule has 0 saturated carbocycles. The molecule has 1 heterocycles. The van der Waals surface area contributed by atoms with E-state index in [0.29, 0.717) is 18.7 Å². The van der Waals surface area contributed by atoms with Crippen molar-refractivity contribution in [3.05, 3.63) is 64.7 Å². The van der Waals surface area contributed by atoms with E-state index in [9.17, 15) is 9.59 Å². The van der Waals surface area contributed by atoms with Gasteiger partial charge in [0.1, 0.15) is 6.04 Å². The lowest BCUT2D eigenvalue weighted by molar-refractivity contribution is -0.124. The largest absolute Gasteiger partial charge is 0.325 e. The number of carbonyl (C=O) groups is 2. The van der Waals surface area contributed by atoms with Gasteiger partial charge in [0, 0.05) is 24.3 Å². The zero-order valence-electron chi connectivity index (χ0n) is 15.2. The second kappa shape index (κ2) is 6.71. The van der Waals surface area contributed by atoms with E-state index in [1.807, 2.05) is 64.1 Å². The molecular weight excluding hydrogens is 312 g/mol. The van der Waals surface area contributed by atoms with Crippen molar-refractivity contribution in [3.8, 4) is 0 Å². The molecule has 0 aliphatic carbocycles. The number of aryl methyl sites for hydroxylation is 3. The summed E-state index contributed by atoms with van der Waals surface area (Å²) in [6.45, 7) is 8.88. The van der Waals surface area contributed by atoms with Crippen LogP contribution in [0.25, 0.3) is 0 Å². The highest BCUT2D eigenvalue weighted by Crippen LogP contribution is 2.24. The average Bonchev–Trinajstić information content (AvgIpc) is 2.55. The molecule has 1 aliphatic rings. The van der Waals surface area contributed by atoms with E-state index >= 15 is 0 Å². The molecule has 4 nitrogen and oxygen atoms in total. The maximum atomic E-state index is 12.9. The minimum Gasteiger partial charge on any atom is -0.325 e. The Labute approximate surface area is 149 Å². The van der Waals surface area contributed by atoms with E-state index in [4.69, 9.17) is 0 Å². The zero-order chi connectivity index (χ0) is 18.1. The van der Waals surface area contributed by atoms with Gasteiger partial charge in [-0.3, -0.25) is 9.59 Å². The van der Waals surface area contributed by atoms with Crippen molar-refractivity contribution < 1.29 is 9.59 Å². The molecule has 1 fully saturated rings. The zero-order valence-corrected chi connectivity index (χ0v) is 15.2. The monoisotopic (exact) mass is 336 g/mol. The summed E-state index contributed by atoms with van der Waals surface area (Å²) in [7, 11) is 0. The molecule has 130 valence electrons. The highest BCUT2D eigenvalue weighted by atomic mass is 16.2. The fourth-order valence-electron chi connectivity index (χ4n) is 3.45. The SMILES string of the molecule is Cc1cccc(C(=O)N2CCN(c3cc(C)cc(C)c3)C(=O)C2C)c1. The van der Waals surface area contributed by atoms with Gasteiger partial charge in [0.25, 0.3) is 5.91 Å². The van der Waals surface area contributed by atoms with Crippen LogP contribution >= 0.6 is 0 Å². The van der Waals surface area contributed by atoms with Gasteiger partial charge >= 0.3 is 0 Å². The number of nitrogens with zero attached hydrogens (tertiary/aromatic N) is 2. The normalized spacial score (nSPS) is 17.8. The van der Waals surface area contributed by atoms with Crippen molar-refractivity contribution in [2.45, 2.75) is 33.7 Å². The Morgan fingerprint density at radius 2 is 1.64 bits per heavy atom. The Bertz CT molecular complexity index is 808. The molecule has 3 rings (SSSR count). The quantitative estimate of drug-likeness (QED) is 0.842. The highest BCUT2D eigenvalue weighted by Gasteiger charge is 2.35. The third-order valence-electron chi connectivity index (χ3n) is 4.70. The first-order valence-electron chi connectivity index (χ1n) is 8.64. The van der Waals surface area contributed by atoms with Crippen LogP contribution in [-0.4, -0.2) is 35.8 Å². The Balaban J connectivity index is 1.83. The molecule has 0 aromatic heterocycles. The van der Waals surface area contributed by atoms with Crippen LogP contribution < -0.4 is 4.90 Å². The number of carbonyl (C=O) groups excluding carboxylic acids is 2. The molecule has 0 radical (unpaired) electrons. The maximum Gasteiger partial charge on any atom is 0.254 e. The minimum absolute atomic E-state index is 0.0303. The summed E-state index contributed by atoms with van der Waals surface area (Å²) in [4.78, 5) is 29.2. The molecule has 1 atom stereocenters. The van der Waals surface area contributed by atoms with Gasteiger partial charge in [-0.05, 0) is 63.1 Å². The number of piperazine rings is 1. The Kier molecular flexibility index (Phi) is 4.62. The third kappa shape index (κ3) is 3.43. The first-order chi connectivity index (χ1) is 11.9. The summed E-state index contributed by atoms with van der Waals surface area (Å²) in [6, 6.07) is 13.2. The summed E-state index contributed by atoms with van der Waals surface area (Å²) in [6.07, 6.45) is 0. The molecule has 1 aliphatic heterocycles.